The lowest BCUT2D eigenvalue weighted by molar-refractivity contribution is 0.0400. The number of aromatic amines is 1. The number of H-pyrrole nitrogens is 1. The summed E-state index contributed by atoms with van der Waals surface area (Å²) in [5.41, 5.74) is 6.54. The van der Waals surface area contributed by atoms with Gasteiger partial charge in [0, 0.05) is 19.4 Å². The average Bonchev–Trinajstić information content (AvgIpc) is 3.01. The topological polar surface area (TPSA) is 90.0 Å². The lowest BCUT2D eigenvalue weighted by Crippen LogP contribution is -2.42. The van der Waals surface area contributed by atoms with Crippen LogP contribution in [-0.2, 0) is 10.3 Å². The van der Waals surface area contributed by atoms with Crippen LogP contribution in [0.25, 0.3) is 11.5 Å². The number of hydrogen-bond donors (Lipinski definition) is 2. The Morgan fingerprint density at radius 2 is 2.18 bits per heavy atom. The third kappa shape index (κ3) is 1.85. The second kappa shape index (κ2) is 3.97. The van der Waals surface area contributed by atoms with E-state index in [-0.39, 0.29) is 0 Å². The molecule has 90 valence electrons. The van der Waals surface area contributed by atoms with E-state index >= 15 is 0 Å². The zero-order valence-corrected chi connectivity index (χ0v) is 9.35. The van der Waals surface area contributed by atoms with Crippen molar-refractivity contribution in [3.8, 4) is 11.5 Å². The summed E-state index contributed by atoms with van der Waals surface area (Å²) in [6.07, 6.45) is 3.23. The fourth-order valence-electron chi connectivity index (χ4n) is 1.95. The SMILES string of the molecule is NC1(c2nc(-c3ccc[nH]3)no2)CCOCC1. The smallest absolute Gasteiger partial charge is 0.247 e. The Hall–Kier alpha value is -1.66. The zero-order valence-electron chi connectivity index (χ0n) is 9.35. The number of nitrogens with zero attached hydrogens (tertiary/aromatic N) is 2. The van der Waals surface area contributed by atoms with Crippen LogP contribution in [0.15, 0.2) is 22.9 Å². The Bertz CT molecular complexity index is 485. The van der Waals surface area contributed by atoms with Crippen LogP contribution in [0.2, 0.25) is 0 Å². The van der Waals surface area contributed by atoms with Crippen molar-refractivity contribution >= 4 is 0 Å². The summed E-state index contributed by atoms with van der Waals surface area (Å²) in [4.78, 5) is 7.39. The molecule has 0 unspecified atom stereocenters. The Morgan fingerprint density at radius 1 is 1.35 bits per heavy atom. The van der Waals surface area contributed by atoms with Gasteiger partial charge in [0.15, 0.2) is 0 Å². The summed E-state index contributed by atoms with van der Waals surface area (Å²) in [7, 11) is 0. The minimum absolute atomic E-state index is 0.491. The third-order valence-corrected chi connectivity index (χ3v) is 3.08. The minimum Gasteiger partial charge on any atom is -0.381 e. The fourth-order valence-corrected chi connectivity index (χ4v) is 1.95. The van der Waals surface area contributed by atoms with Crippen molar-refractivity contribution in [1.82, 2.24) is 15.1 Å². The first-order valence-corrected chi connectivity index (χ1v) is 5.62. The molecule has 0 aliphatic carbocycles. The number of nitrogens with one attached hydrogen (secondary N) is 1. The molecule has 1 aliphatic rings. The monoisotopic (exact) mass is 234 g/mol. The number of aromatic nitrogens is 3. The average molecular weight is 234 g/mol. The maximum Gasteiger partial charge on any atom is 0.247 e. The van der Waals surface area contributed by atoms with E-state index in [1.54, 1.807) is 0 Å². The van der Waals surface area contributed by atoms with Crippen LogP contribution in [0, 0.1) is 0 Å². The summed E-state index contributed by atoms with van der Waals surface area (Å²) in [5.74, 6) is 1.03. The molecule has 6 heteroatoms. The van der Waals surface area contributed by atoms with Gasteiger partial charge in [0.25, 0.3) is 0 Å². The molecule has 0 radical (unpaired) electrons. The Morgan fingerprint density at radius 3 is 2.88 bits per heavy atom. The standard InChI is InChI=1S/C11H14N4O2/c12-11(3-6-16-7-4-11)10-14-9(15-17-10)8-2-1-5-13-8/h1-2,5,13H,3-4,6-7,12H2. The van der Waals surface area contributed by atoms with E-state index in [1.807, 2.05) is 18.3 Å². The fraction of sp³-hybridized carbons (Fsp3) is 0.455. The molecule has 0 atom stereocenters. The Kier molecular flexibility index (Phi) is 2.45. The first-order chi connectivity index (χ1) is 8.28. The highest BCUT2D eigenvalue weighted by Crippen LogP contribution is 2.29. The first-order valence-electron chi connectivity index (χ1n) is 5.62. The molecule has 0 aromatic carbocycles. The molecule has 2 aromatic rings. The molecule has 3 heterocycles. The van der Waals surface area contributed by atoms with Gasteiger partial charge in [-0.1, -0.05) is 5.16 Å². The van der Waals surface area contributed by atoms with Gasteiger partial charge < -0.3 is 20.0 Å². The molecule has 3 rings (SSSR count). The molecular weight excluding hydrogens is 220 g/mol. The molecule has 3 N–H and O–H groups in total. The lowest BCUT2D eigenvalue weighted by Gasteiger charge is -2.29. The molecule has 2 aromatic heterocycles. The number of nitrogens with two attached hydrogens (primary N) is 1. The predicted molar refractivity (Wildman–Crippen MR) is 60.0 cm³/mol. The maximum atomic E-state index is 6.26. The van der Waals surface area contributed by atoms with Crippen molar-refractivity contribution in [2.75, 3.05) is 13.2 Å². The van der Waals surface area contributed by atoms with E-state index in [9.17, 15) is 0 Å². The van der Waals surface area contributed by atoms with Crippen molar-refractivity contribution in [3.05, 3.63) is 24.2 Å². The van der Waals surface area contributed by atoms with Crippen LogP contribution >= 0.6 is 0 Å². The second-order valence-electron chi connectivity index (χ2n) is 4.28. The lowest BCUT2D eigenvalue weighted by atomic mass is 9.91. The quantitative estimate of drug-likeness (QED) is 0.810. The van der Waals surface area contributed by atoms with Crippen molar-refractivity contribution in [3.63, 3.8) is 0 Å². The maximum absolute atomic E-state index is 6.26. The molecule has 1 aliphatic heterocycles. The van der Waals surface area contributed by atoms with Crippen molar-refractivity contribution in [1.29, 1.82) is 0 Å². The van der Waals surface area contributed by atoms with Crippen LogP contribution in [0.1, 0.15) is 18.7 Å². The van der Waals surface area contributed by atoms with E-state index < -0.39 is 5.54 Å². The molecule has 0 bridgehead atoms. The van der Waals surface area contributed by atoms with Crippen LogP contribution < -0.4 is 5.73 Å². The Labute approximate surface area is 98.2 Å². The molecule has 0 spiro atoms. The van der Waals surface area contributed by atoms with Crippen LogP contribution in [0.3, 0.4) is 0 Å². The molecule has 6 nitrogen and oxygen atoms in total. The Balaban J connectivity index is 1.89. The molecule has 1 saturated heterocycles. The molecule has 1 fully saturated rings. The normalized spacial score (nSPS) is 19.4. The van der Waals surface area contributed by atoms with Gasteiger partial charge in [-0.2, -0.15) is 4.98 Å². The van der Waals surface area contributed by atoms with Crippen LogP contribution in [-0.4, -0.2) is 28.3 Å². The van der Waals surface area contributed by atoms with Gasteiger partial charge >= 0.3 is 0 Å². The predicted octanol–water partition coefficient (Wildman–Crippen LogP) is 1.03. The minimum atomic E-state index is -0.546. The molecule has 0 saturated carbocycles. The van der Waals surface area contributed by atoms with Crippen LogP contribution in [0.4, 0.5) is 0 Å². The largest absolute Gasteiger partial charge is 0.381 e. The van der Waals surface area contributed by atoms with Gasteiger partial charge in [-0.25, -0.2) is 0 Å². The summed E-state index contributed by atoms with van der Waals surface area (Å²) < 4.78 is 10.6. The van der Waals surface area contributed by atoms with E-state index in [0.29, 0.717) is 37.8 Å². The van der Waals surface area contributed by atoms with E-state index in [1.165, 1.54) is 0 Å². The van der Waals surface area contributed by atoms with Crippen LogP contribution in [0.5, 0.6) is 0 Å². The molecule has 0 amide bonds. The van der Waals surface area contributed by atoms with Crippen molar-refractivity contribution in [2.45, 2.75) is 18.4 Å². The summed E-state index contributed by atoms with van der Waals surface area (Å²) >= 11 is 0. The first kappa shape index (κ1) is 10.5. The number of rotatable bonds is 2. The highest BCUT2D eigenvalue weighted by Gasteiger charge is 2.35. The number of hydrogen-bond acceptors (Lipinski definition) is 5. The van der Waals surface area contributed by atoms with E-state index in [0.717, 1.165) is 5.69 Å². The van der Waals surface area contributed by atoms with Gasteiger partial charge in [0.2, 0.25) is 11.7 Å². The summed E-state index contributed by atoms with van der Waals surface area (Å²) in [5, 5.41) is 3.94. The zero-order chi connectivity index (χ0) is 11.7. The van der Waals surface area contributed by atoms with E-state index in [4.69, 9.17) is 15.0 Å². The molecule has 17 heavy (non-hydrogen) atoms. The number of ether oxygens (including phenoxy) is 1. The highest BCUT2D eigenvalue weighted by atomic mass is 16.5. The summed E-state index contributed by atoms with van der Waals surface area (Å²) in [6.45, 7) is 1.27. The molecular formula is C11H14N4O2. The van der Waals surface area contributed by atoms with Gasteiger partial charge in [-0.05, 0) is 25.0 Å². The second-order valence-corrected chi connectivity index (χ2v) is 4.28. The highest BCUT2D eigenvalue weighted by molar-refractivity contribution is 5.48. The van der Waals surface area contributed by atoms with Crippen molar-refractivity contribution in [2.24, 2.45) is 5.73 Å². The van der Waals surface area contributed by atoms with Gasteiger partial charge in [-0.3, -0.25) is 0 Å². The third-order valence-electron chi connectivity index (χ3n) is 3.08. The van der Waals surface area contributed by atoms with Gasteiger partial charge in [0.05, 0.1) is 5.69 Å². The van der Waals surface area contributed by atoms with Crippen molar-refractivity contribution < 1.29 is 9.26 Å². The van der Waals surface area contributed by atoms with Gasteiger partial charge in [-0.15, -0.1) is 0 Å². The summed E-state index contributed by atoms with van der Waals surface area (Å²) in [6, 6.07) is 3.78. The van der Waals surface area contributed by atoms with E-state index in [2.05, 4.69) is 15.1 Å². The van der Waals surface area contributed by atoms with Gasteiger partial charge in [0.1, 0.15) is 5.54 Å².